The van der Waals surface area contributed by atoms with Gasteiger partial charge < -0.3 is 45.7 Å². The van der Waals surface area contributed by atoms with Crippen LogP contribution in [0.5, 0.6) is 11.5 Å². The van der Waals surface area contributed by atoms with Gasteiger partial charge in [0.25, 0.3) is 11.8 Å². The number of benzene rings is 4. The van der Waals surface area contributed by atoms with Crippen LogP contribution < -0.4 is 35.4 Å². The number of nitrogens with one attached hydrogen (secondary N) is 2. The van der Waals surface area contributed by atoms with E-state index in [1.807, 2.05) is 72.8 Å². The minimum Gasteiger partial charge on any atom is -1.00 e. The minimum absolute atomic E-state index is 0. The fourth-order valence-corrected chi connectivity index (χ4v) is 4.44. The van der Waals surface area contributed by atoms with E-state index < -0.39 is 0 Å². The molecule has 2 aliphatic heterocycles. The molecule has 0 saturated carbocycles. The van der Waals surface area contributed by atoms with Crippen molar-refractivity contribution in [2.75, 3.05) is 23.7 Å². The zero-order valence-corrected chi connectivity index (χ0v) is 27.6. The van der Waals surface area contributed by atoms with Gasteiger partial charge in [-0.05, 0) is 60.4 Å². The number of aliphatic imine (C=N–C) groups is 2. The van der Waals surface area contributed by atoms with E-state index >= 15 is 0 Å². The molecule has 0 fully saturated rings. The van der Waals surface area contributed by atoms with Crippen LogP contribution in [-0.2, 0) is 41.9 Å². The third kappa shape index (κ3) is 8.98. The molecule has 2 heterocycles. The number of amides is 2. The number of carbonyl (C=O) groups is 2. The number of carbonyl (C=O) groups excluding carboxylic acids is 2. The van der Waals surface area contributed by atoms with Crippen LogP contribution in [0, 0.1) is 0 Å². The van der Waals surface area contributed by atoms with Crippen LogP contribution in [0.3, 0.4) is 0 Å². The molecule has 2 amide bonds. The first kappa shape index (κ1) is 35.2. The van der Waals surface area contributed by atoms with Crippen molar-refractivity contribution >= 4 is 34.6 Å². The van der Waals surface area contributed by atoms with Gasteiger partial charge in [0.15, 0.2) is 0 Å². The first-order valence-corrected chi connectivity index (χ1v) is 12.9. The summed E-state index contributed by atoms with van der Waals surface area (Å²) in [6.45, 7) is 1.09. The molecular weight excluding hydrogens is 641 g/mol. The van der Waals surface area contributed by atoms with Crippen LogP contribution in [0.4, 0.5) is 11.4 Å². The minimum atomic E-state index is -0.142. The molecule has 4 aromatic carbocycles. The van der Waals surface area contributed by atoms with Crippen molar-refractivity contribution in [2.24, 2.45) is 9.98 Å². The number of fused-ring (bicyclic) bond motifs is 2. The standard InChI is InChI=1S/2C16H14N2O2.2ClH.Zn/c2*19-12-7-5-11(6-8-12)9-10-17-15-13-3-1-2-4-14(13)18-16(15)20;;;/h2*1-8,19H,9-10H2,(H,17,18,20);2*1H;/q;;;;+2/p-2. The third-order valence-corrected chi connectivity index (χ3v) is 6.50. The first-order valence-electron chi connectivity index (χ1n) is 12.9. The summed E-state index contributed by atoms with van der Waals surface area (Å²) in [5.41, 5.74) is 6.53. The number of halogens is 2. The summed E-state index contributed by atoms with van der Waals surface area (Å²) in [6.07, 6.45) is 1.47. The number of rotatable bonds is 6. The molecule has 8 nitrogen and oxygen atoms in total. The molecule has 0 aromatic heterocycles. The van der Waals surface area contributed by atoms with Gasteiger partial charge in [-0.2, -0.15) is 0 Å². The quantitative estimate of drug-likeness (QED) is 0.192. The van der Waals surface area contributed by atoms with Gasteiger partial charge in [-0.15, -0.1) is 0 Å². The molecule has 0 spiro atoms. The molecule has 4 aromatic rings. The summed E-state index contributed by atoms with van der Waals surface area (Å²) < 4.78 is 0. The number of phenols is 2. The van der Waals surface area contributed by atoms with Gasteiger partial charge in [-0.3, -0.25) is 19.6 Å². The van der Waals surface area contributed by atoms with Crippen molar-refractivity contribution in [3.63, 3.8) is 0 Å². The fraction of sp³-hybridized carbons (Fsp3) is 0.125. The van der Waals surface area contributed by atoms with Crippen LogP contribution in [0.1, 0.15) is 22.3 Å². The molecule has 11 heteroatoms. The van der Waals surface area contributed by atoms with Gasteiger partial charge in [0.2, 0.25) is 0 Å². The number of phenolic OH excluding ortho intramolecular Hbond substituents is 2. The fourth-order valence-electron chi connectivity index (χ4n) is 4.44. The molecule has 0 atom stereocenters. The van der Waals surface area contributed by atoms with Crippen molar-refractivity contribution < 1.29 is 64.1 Å². The van der Waals surface area contributed by atoms with E-state index in [2.05, 4.69) is 20.6 Å². The molecule has 0 saturated heterocycles. The van der Waals surface area contributed by atoms with Crippen molar-refractivity contribution in [3.05, 3.63) is 119 Å². The maximum Gasteiger partial charge on any atom is 2.00 e. The number of nitrogens with zero attached hydrogens (tertiary/aromatic N) is 2. The Hall–Kier alpha value is -4.04. The number of hydrogen-bond donors (Lipinski definition) is 4. The first-order chi connectivity index (χ1) is 19.5. The summed E-state index contributed by atoms with van der Waals surface area (Å²) in [7, 11) is 0. The van der Waals surface area contributed by atoms with E-state index in [9.17, 15) is 19.8 Å². The van der Waals surface area contributed by atoms with Crippen molar-refractivity contribution in [1.29, 1.82) is 0 Å². The van der Waals surface area contributed by atoms with E-state index in [4.69, 9.17) is 0 Å². The van der Waals surface area contributed by atoms with Gasteiger partial charge in [0.1, 0.15) is 22.9 Å². The maximum atomic E-state index is 11.8. The zero-order chi connectivity index (χ0) is 27.9. The van der Waals surface area contributed by atoms with Gasteiger partial charge in [0.05, 0.1) is 11.4 Å². The Morgan fingerprint density at radius 3 is 1.26 bits per heavy atom. The normalized spacial score (nSPS) is 14.1. The average molecular weight is 669 g/mol. The van der Waals surface area contributed by atoms with Crippen molar-refractivity contribution in [3.8, 4) is 11.5 Å². The van der Waals surface area contributed by atoms with Crippen LogP contribution in [0.25, 0.3) is 0 Å². The third-order valence-electron chi connectivity index (χ3n) is 6.50. The van der Waals surface area contributed by atoms with E-state index in [0.29, 0.717) is 24.5 Å². The second-order valence-corrected chi connectivity index (χ2v) is 9.29. The second kappa shape index (κ2) is 16.6. The van der Waals surface area contributed by atoms with E-state index in [0.717, 1.165) is 46.5 Å². The van der Waals surface area contributed by atoms with Crippen LogP contribution in [0.2, 0.25) is 0 Å². The summed E-state index contributed by atoms with van der Waals surface area (Å²) in [5.74, 6) is 0.224. The van der Waals surface area contributed by atoms with Crippen molar-refractivity contribution in [1.82, 2.24) is 0 Å². The maximum absolute atomic E-state index is 11.8. The van der Waals surface area contributed by atoms with Gasteiger partial charge in [0, 0.05) is 24.2 Å². The largest absolute Gasteiger partial charge is 2.00 e. The predicted molar refractivity (Wildman–Crippen MR) is 157 cm³/mol. The molecule has 0 bridgehead atoms. The van der Waals surface area contributed by atoms with Crippen molar-refractivity contribution in [2.45, 2.75) is 12.8 Å². The Balaban J connectivity index is 0.000000281. The van der Waals surface area contributed by atoms with Gasteiger partial charge >= 0.3 is 19.5 Å². The average Bonchev–Trinajstić information content (AvgIpc) is 3.46. The molecule has 0 aliphatic carbocycles. The number of aromatic hydroxyl groups is 2. The molecule has 2 aliphatic rings. The molecular formula is C32H28Cl2N4O4Zn. The van der Waals surface area contributed by atoms with Crippen LogP contribution >= 0.6 is 0 Å². The Morgan fingerprint density at radius 2 is 0.884 bits per heavy atom. The monoisotopic (exact) mass is 666 g/mol. The zero-order valence-electron chi connectivity index (χ0n) is 23.1. The van der Waals surface area contributed by atoms with E-state index in [1.54, 1.807) is 24.3 Å². The SMILES string of the molecule is O=C1Nc2ccccc2C1=NCCc1ccc(O)cc1.O=C1Nc2ccccc2C1=NCCc1ccc(O)cc1.[Cl-].[Cl-].[Zn+2]. The van der Waals surface area contributed by atoms with E-state index in [-0.39, 0.29) is 67.6 Å². The molecule has 216 valence electrons. The van der Waals surface area contributed by atoms with E-state index in [1.165, 1.54) is 0 Å². The van der Waals surface area contributed by atoms with Crippen LogP contribution in [-0.4, -0.2) is 46.5 Å². The number of para-hydroxylation sites is 2. The molecule has 0 unspecified atom stereocenters. The van der Waals surface area contributed by atoms with Crippen LogP contribution in [0.15, 0.2) is 107 Å². The number of hydrogen-bond acceptors (Lipinski definition) is 6. The van der Waals surface area contributed by atoms with Gasteiger partial charge in [-0.1, -0.05) is 60.7 Å². The Morgan fingerprint density at radius 1 is 0.535 bits per heavy atom. The number of anilines is 2. The smallest absolute Gasteiger partial charge is 1.00 e. The summed E-state index contributed by atoms with van der Waals surface area (Å²) in [6, 6.07) is 29.2. The second-order valence-electron chi connectivity index (χ2n) is 9.29. The summed E-state index contributed by atoms with van der Waals surface area (Å²) >= 11 is 0. The molecule has 43 heavy (non-hydrogen) atoms. The molecule has 6 rings (SSSR count). The van der Waals surface area contributed by atoms with Gasteiger partial charge in [-0.25, -0.2) is 0 Å². The summed E-state index contributed by atoms with van der Waals surface area (Å²) in [4.78, 5) is 32.5. The summed E-state index contributed by atoms with van der Waals surface area (Å²) in [5, 5.41) is 24.0. The molecule has 0 radical (unpaired) electrons. The Bertz CT molecular complexity index is 1490. The Labute approximate surface area is 275 Å². The topological polar surface area (TPSA) is 123 Å². The Kier molecular flexibility index (Phi) is 13.5. The predicted octanol–water partition coefficient (Wildman–Crippen LogP) is -1.24. The molecule has 4 N–H and O–H groups in total.